The van der Waals surface area contributed by atoms with Crippen LogP contribution in [0.25, 0.3) is 0 Å². The van der Waals surface area contributed by atoms with Gasteiger partial charge in [0.05, 0.1) is 21.3 Å². The van der Waals surface area contributed by atoms with Gasteiger partial charge in [0, 0.05) is 66.5 Å². The predicted octanol–water partition coefficient (Wildman–Crippen LogP) is 1.35. The first-order valence-electron chi connectivity index (χ1n) is 16.1. The number of amides is 4. The average molecular weight is 780 g/mol. The number of anilines is 3. The summed E-state index contributed by atoms with van der Waals surface area (Å²) in [5, 5.41) is 10.5. The predicted molar refractivity (Wildman–Crippen MR) is 199 cm³/mol. The molecule has 0 unspecified atom stereocenters. The van der Waals surface area contributed by atoms with E-state index < -0.39 is 42.6 Å². The number of benzene rings is 2. The smallest absolute Gasteiger partial charge is 0.748 e. The SMILES string of the molecule is CNC(=O)Nc1ccc2c(c1)C(C)(C)C(/C=C/C=C/C=C/C=C1/N(CCS(=O)(=O)[O-])c3ccc(NC(=O)NC)cc3C1(C)C)=[N+]2CCS(=O)(=O)O.[K+]. The molecule has 0 aliphatic carbocycles. The molecule has 2 aliphatic heterocycles. The van der Waals surface area contributed by atoms with Gasteiger partial charge in [0.2, 0.25) is 5.69 Å². The Morgan fingerprint density at radius 3 is 1.96 bits per heavy atom. The third kappa shape index (κ3) is 10.5. The van der Waals surface area contributed by atoms with E-state index in [2.05, 4.69) is 21.3 Å². The summed E-state index contributed by atoms with van der Waals surface area (Å²) in [6.07, 6.45) is 12.7. The Morgan fingerprint density at radius 1 is 0.827 bits per heavy atom. The molecule has 0 radical (unpaired) electrons. The molecule has 17 heteroatoms. The van der Waals surface area contributed by atoms with Gasteiger partial charge in [-0.15, -0.1) is 0 Å². The van der Waals surface area contributed by atoms with Gasteiger partial charge < -0.3 is 30.7 Å². The first kappa shape index (κ1) is 43.3. The number of urea groups is 2. The zero-order valence-corrected chi connectivity index (χ0v) is 35.1. The minimum atomic E-state index is -4.48. The van der Waals surface area contributed by atoms with Gasteiger partial charge in [0.25, 0.3) is 10.1 Å². The van der Waals surface area contributed by atoms with Crippen LogP contribution in [-0.4, -0.2) is 87.0 Å². The van der Waals surface area contributed by atoms with Crippen LogP contribution in [0.15, 0.2) is 84.6 Å². The fourth-order valence-electron chi connectivity index (χ4n) is 6.27. The molecule has 2 aromatic rings. The van der Waals surface area contributed by atoms with Crippen molar-refractivity contribution in [2.75, 3.05) is 54.2 Å². The van der Waals surface area contributed by atoms with Gasteiger partial charge in [-0.05, 0) is 55.8 Å². The molecule has 0 saturated heterocycles. The van der Waals surface area contributed by atoms with Crippen molar-refractivity contribution in [2.45, 2.75) is 38.5 Å². The minimum absolute atomic E-state index is 0. The standard InChI is InChI=1S/C35H44N6O8S2.K/c1-34(2)26-22-24(38-32(42)36-5)14-16-28(26)40(18-20-50(44,45)46)30(34)12-10-8-7-9-11-13-31-35(3,4)27-23-25(39-33(43)37-6)15-17-29(27)41(31)19-21-51(47,48)49;/h7-17,22-23H,18-21H2,1-6H3,(H5-,36,37,38,39,42,43,44,45,46,47,48,49);/q;+1. The summed E-state index contributed by atoms with van der Waals surface area (Å²) < 4.78 is 69.3. The molecule has 0 bridgehead atoms. The van der Waals surface area contributed by atoms with Crippen LogP contribution < -0.4 is 77.6 Å². The molecule has 14 nitrogen and oxygen atoms in total. The molecule has 4 rings (SSSR count). The minimum Gasteiger partial charge on any atom is -0.748 e. The Morgan fingerprint density at radius 2 is 1.38 bits per heavy atom. The van der Waals surface area contributed by atoms with E-state index in [9.17, 15) is 35.5 Å². The Balaban J connectivity index is 0.00000729. The number of nitrogens with one attached hydrogen (secondary N) is 4. The van der Waals surface area contributed by atoms with Crippen molar-refractivity contribution >= 4 is 60.8 Å². The van der Waals surface area contributed by atoms with Crippen molar-refractivity contribution in [2.24, 2.45) is 0 Å². The van der Waals surface area contributed by atoms with Crippen LogP contribution in [0.5, 0.6) is 0 Å². The van der Waals surface area contributed by atoms with Gasteiger partial charge in [-0.2, -0.15) is 13.0 Å². The van der Waals surface area contributed by atoms with Crippen molar-refractivity contribution in [3.05, 3.63) is 95.8 Å². The number of rotatable bonds is 12. The second-order valence-corrected chi connectivity index (χ2v) is 16.1. The van der Waals surface area contributed by atoms with Crippen molar-refractivity contribution in [3.63, 3.8) is 0 Å². The Kier molecular flexibility index (Phi) is 14.4. The fraction of sp³-hybridized carbons (Fsp3) is 0.343. The molecule has 274 valence electrons. The number of allylic oxidation sites excluding steroid dienone is 8. The maximum atomic E-state index is 11.9. The van der Waals surface area contributed by atoms with Crippen LogP contribution in [0, 0.1) is 0 Å². The van der Waals surface area contributed by atoms with E-state index in [-0.39, 0.29) is 76.5 Å². The third-order valence-electron chi connectivity index (χ3n) is 8.84. The molecule has 2 aliphatic rings. The summed E-state index contributed by atoms with van der Waals surface area (Å²) in [6, 6.07) is 9.94. The van der Waals surface area contributed by atoms with Gasteiger partial charge in [-0.1, -0.05) is 44.2 Å². The zero-order valence-electron chi connectivity index (χ0n) is 30.3. The molecule has 0 atom stereocenters. The van der Waals surface area contributed by atoms with Gasteiger partial charge in [-0.3, -0.25) is 4.55 Å². The Hall–Kier alpha value is -3.13. The molecular formula is C35H44KN6O8S2+. The van der Waals surface area contributed by atoms with Gasteiger partial charge in [0.1, 0.15) is 5.75 Å². The third-order valence-corrected chi connectivity index (χ3v) is 10.2. The number of fused-ring (bicyclic) bond motifs is 2. The van der Waals surface area contributed by atoms with Crippen LogP contribution in [0.4, 0.5) is 32.3 Å². The van der Waals surface area contributed by atoms with Gasteiger partial charge in [0.15, 0.2) is 12.3 Å². The maximum absolute atomic E-state index is 11.9. The molecular weight excluding hydrogens is 736 g/mol. The van der Waals surface area contributed by atoms with E-state index >= 15 is 0 Å². The molecule has 0 aromatic heterocycles. The van der Waals surface area contributed by atoms with E-state index in [4.69, 9.17) is 0 Å². The molecule has 0 saturated carbocycles. The number of carbonyl (C=O) groups is 2. The maximum Gasteiger partial charge on any atom is 1.00 e. The summed E-state index contributed by atoms with van der Waals surface area (Å²) >= 11 is 0. The van der Waals surface area contributed by atoms with Crippen molar-refractivity contribution in [1.29, 1.82) is 0 Å². The Labute approximate surface area is 348 Å². The fourth-order valence-corrected chi connectivity index (χ4v) is 7.09. The quantitative estimate of drug-likeness (QED) is 0.0914. The van der Waals surface area contributed by atoms with E-state index in [0.717, 1.165) is 33.9 Å². The molecule has 52 heavy (non-hydrogen) atoms. The van der Waals surface area contributed by atoms with Crippen LogP contribution in [-0.2, 0) is 31.1 Å². The van der Waals surface area contributed by atoms with E-state index in [1.54, 1.807) is 53.5 Å². The number of carbonyl (C=O) groups excluding carboxylic acids is 2. The van der Waals surface area contributed by atoms with Gasteiger partial charge in [-0.25, -0.2) is 18.0 Å². The summed E-state index contributed by atoms with van der Waals surface area (Å²) in [5.74, 6) is -1.06. The summed E-state index contributed by atoms with van der Waals surface area (Å²) in [4.78, 5) is 25.6. The van der Waals surface area contributed by atoms with Crippen LogP contribution in [0.2, 0.25) is 0 Å². The summed E-state index contributed by atoms with van der Waals surface area (Å²) in [7, 11) is -5.69. The first-order chi connectivity index (χ1) is 23.8. The monoisotopic (exact) mass is 779 g/mol. The summed E-state index contributed by atoms with van der Waals surface area (Å²) in [6.45, 7) is 7.90. The molecule has 2 aromatic carbocycles. The molecule has 5 N–H and O–H groups in total. The van der Waals surface area contributed by atoms with E-state index in [1.165, 1.54) is 14.1 Å². The molecule has 0 spiro atoms. The number of hydrogen-bond acceptors (Lipinski definition) is 8. The first-order valence-corrected chi connectivity index (χ1v) is 19.3. The second kappa shape index (κ2) is 17.3. The second-order valence-electron chi connectivity index (χ2n) is 13.0. The van der Waals surface area contributed by atoms with Crippen molar-refractivity contribution < 1.29 is 91.5 Å². The molecule has 0 fully saturated rings. The number of hydrogen-bond donors (Lipinski definition) is 5. The number of nitrogens with zero attached hydrogens (tertiary/aromatic N) is 2. The molecule has 4 amide bonds. The van der Waals surface area contributed by atoms with Crippen LogP contribution in [0.3, 0.4) is 0 Å². The van der Waals surface area contributed by atoms with E-state index in [0.29, 0.717) is 11.4 Å². The van der Waals surface area contributed by atoms with Crippen LogP contribution >= 0.6 is 0 Å². The zero-order chi connectivity index (χ0) is 37.8. The van der Waals surface area contributed by atoms with Crippen molar-refractivity contribution in [1.82, 2.24) is 10.6 Å². The van der Waals surface area contributed by atoms with Crippen molar-refractivity contribution in [3.8, 4) is 0 Å². The average Bonchev–Trinajstić information content (AvgIpc) is 3.39. The molecule has 2 heterocycles. The normalized spacial score (nSPS) is 17.1. The van der Waals surface area contributed by atoms with Crippen LogP contribution in [0.1, 0.15) is 38.8 Å². The largest absolute Gasteiger partial charge is 1.00 e. The Bertz CT molecular complexity index is 2090. The van der Waals surface area contributed by atoms with E-state index in [1.807, 2.05) is 62.6 Å². The summed E-state index contributed by atoms with van der Waals surface area (Å²) in [5.41, 5.74) is 4.71. The van der Waals surface area contributed by atoms with Gasteiger partial charge >= 0.3 is 63.4 Å². The topological polar surface area (TPSA) is 200 Å².